The molecule has 0 aliphatic carbocycles. The Morgan fingerprint density at radius 3 is 2.50 bits per heavy atom. The number of nitrogens with zero attached hydrogens (tertiary/aromatic N) is 1. The second kappa shape index (κ2) is 9.65. The van der Waals surface area contributed by atoms with Gasteiger partial charge in [-0.3, -0.25) is 9.69 Å². The van der Waals surface area contributed by atoms with E-state index in [-0.39, 0.29) is 23.4 Å². The second-order valence-electron chi connectivity index (χ2n) is 6.83. The van der Waals surface area contributed by atoms with Crippen molar-refractivity contribution in [3.8, 4) is 0 Å². The van der Waals surface area contributed by atoms with Gasteiger partial charge in [-0.05, 0) is 48.6 Å². The largest absolute Gasteiger partial charge is 0.465 e. The van der Waals surface area contributed by atoms with Gasteiger partial charge in [0.15, 0.2) is 0 Å². The molecule has 0 bridgehead atoms. The summed E-state index contributed by atoms with van der Waals surface area (Å²) in [5, 5.41) is 4.41. The number of piperidine rings is 1. The highest BCUT2D eigenvalue weighted by Crippen LogP contribution is 2.23. The maximum Gasteiger partial charge on any atom is 0.350 e. The van der Waals surface area contributed by atoms with Gasteiger partial charge in [0.25, 0.3) is 0 Å². The van der Waals surface area contributed by atoms with Crippen molar-refractivity contribution in [3.05, 3.63) is 46.4 Å². The van der Waals surface area contributed by atoms with Crippen LogP contribution in [-0.2, 0) is 19.6 Å². The zero-order valence-corrected chi connectivity index (χ0v) is 17.9. The standard InChI is InChI=1S/C19H22FN3O5S2/c1-28-19(25)18-16(8-11-29-18)21-17(24)12-23-9-6-14(7-10-23)22-30(26,27)15-4-2-13(20)3-5-15/h2-5,8,11,14,22H,6-7,9-10,12H2,1H3,(H,21,24). The maximum absolute atomic E-state index is 13.0. The first-order chi connectivity index (χ1) is 14.3. The first-order valence-corrected chi connectivity index (χ1v) is 11.6. The van der Waals surface area contributed by atoms with Crippen molar-refractivity contribution in [2.24, 2.45) is 0 Å². The monoisotopic (exact) mass is 455 g/mol. The van der Waals surface area contributed by atoms with E-state index < -0.39 is 21.8 Å². The van der Waals surface area contributed by atoms with Crippen LogP contribution in [0.3, 0.4) is 0 Å². The first kappa shape index (κ1) is 22.3. The zero-order valence-electron chi connectivity index (χ0n) is 16.3. The quantitative estimate of drug-likeness (QED) is 0.620. The van der Waals surface area contributed by atoms with Gasteiger partial charge in [-0.25, -0.2) is 22.3 Å². The van der Waals surface area contributed by atoms with Gasteiger partial charge >= 0.3 is 5.97 Å². The van der Waals surface area contributed by atoms with Crippen molar-refractivity contribution in [2.75, 3.05) is 32.1 Å². The summed E-state index contributed by atoms with van der Waals surface area (Å²) in [7, 11) is -2.44. The molecule has 1 saturated heterocycles. The molecule has 0 spiro atoms. The van der Waals surface area contributed by atoms with Gasteiger partial charge in [-0.15, -0.1) is 11.3 Å². The summed E-state index contributed by atoms with van der Waals surface area (Å²) < 4.78 is 45.2. The number of carbonyl (C=O) groups is 2. The lowest BCUT2D eigenvalue weighted by molar-refractivity contribution is -0.117. The average molecular weight is 456 g/mol. The maximum atomic E-state index is 13.0. The molecule has 2 N–H and O–H groups in total. The minimum atomic E-state index is -3.72. The summed E-state index contributed by atoms with van der Waals surface area (Å²) in [6, 6.07) is 6.05. The van der Waals surface area contributed by atoms with Crippen LogP contribution in [0, 0.1) is 5.82 Å². The molecule has 1 aliphatic rings. The smallest absolute Gasteiger partial charge is 0.350 e. The van der Waals surface area contributed by atoms with E-state index in [0.29, 0.717) is 36.5 Å². The summed E-state index contributed by atoms with van der Waals surface area (Å²) in [5.41, 5.74) is 0.416. The Morgan fingerprint density at radius 2 is 1.87 bits per heavy atom. The van der Waals surface area contributed by atoms with Gasteiger partial charge in [0, 0.05) is 19.1 Å². The Morgan fingerprint density at radius 1 is 1.20 bits per heavy atom. The van der Waals surface area contributed by atoms with E-state index in [0.717, 1.165) is 12.1 Å². The molecule has 2 aromatic rings. The van der Waals surface area contributed by atoms with E-state index in [1.54, 1.807) is 11.4 Å². The number of halogens is 1. The number of benzene rings is 1. The molecule has 30 heavy (non-hydrogen) atoms. The summed E-state index contributed by atoms with van der Waals surface area (Å²) >= 11 is 1.19. The van der Waals surface area contributed by atoms with E-state index in [4.69, 9.17) is 4.74 Å². The van der Waals surface area contributed by atoms with Crippen LogP contribution >= 0.6 is 11.3 Å². The molecule has 0 atom stereocenters. The fourth-order valence-electron chi connectivity index (χ4n) is 3.16. The molecule has 0 radical (unpaired) electrons. The molecular formula is C19H22FN3O5S2. The predicted molar refractivity (Wildman–Crippen MR) is 110 cm³/mol. The van der Waals surface area contributed by atoms with Crippen molar-refractivity contribution in [1.82, 2.24) is 9.62 Å². The van der Waals surface area contributed by atoms with Crippen molar-refractivity contribution in [1.29, 1.82) is 0 Å². The number of hydrogen-bond acceptors (Lipinski definition) is 7. The van der Waals surface area contributed by atoms with Crippen LogP contribution < -0.4 is 10.0 Å². The first-order valence-electron chi connectivity index (χ1n) is 9.24. The fraction of sp³-hybridized carbons (Fsp3) is 0.368. The highest BCUT2D eigenvalue weighted by Gasteiger charge is 2.26. The van der Waals surface area contributed by atoms with Crippen LogP contribution in [0.15, 0.2) is 40.6 Å². The summed E-state index contributed by atoms with van der Waals surface area (Å²) in [6.45, 7) is 1.21. The molecule has 1 aromatic heterocycles. The number of methoxy groups -OCH3 is 1. The van der Waals surface area contributed by atoms with Gasteiger partial charge in [-0.2, -0.15) is 0 Å². The summed E-state index contributed by atoms with van der Waals surface area (Å²) in [5.74, 6) is -1.26. The van der Waals surface area contributed by atoms with E-state index >= 15 is 0 Å². The average Bonchev–Trinajstić information content (AvgIpc) is 3.17. The Balaban J connectivity index is 1.49. The number of anilines is 1. The SMILES string of the molecule is COC(=O)c1sccc1NC(=O)CN1CCC(NS(=O)(=O)c2ccc(F)cc2)CC1. The van der Waals surface area contributed by atoms with Gasteiger partial charge < -0.3 is 10.1 Å². The van der Waals surface area contributed by atoms with Crippen molar-refractivity contribution in [3.63, 3.8) is 0 Å². The molecule has 0 saturated carbocycles. The molecule has 1 aromatic carbocycles. The van der Waals surface area contributed by atoms with Crippen LogP contribution in [0.4, 0.5) is 10.1 Å². The van der Waals surface area contributed by atoms with Gasteiger partial charge in [0.1, 0.15) is 10.7 Å². The summed E-state index contributed by atoms with van der Waals surface area (Å²) in [6.07, 6.45) is 1.08. The highest BCUT2D eigenvalue weighted by molar-refractivity contribution is 7.89. The number of sulfonamides is 1. The summed E-state index contributed by atoms with van der Waals surface area (Å²) in [4.78, 5) is 26.3. The topological polar surface area (TPSA) is 105 Å². The number of thiophene rings is 1. The van der Waals surface area contributed by atoms with Crippen molar-refractivity contribution >= 4 is 38.9 Å². The third-order valence-electron chi connectivity index (χ3n) is 4.71. The highest BCUT2D eigenvalue weighted by atomic mass is 32.2. The Labute approximate surface area is 178 Å². The molecule has 8 nitrogen and oxygen atoms in total. The Kier molecular flexibility index (Phi) is 7.19. The molecular weight excluding hydrogens is 433 g/mol. The van der Waals surface area contributed by atoms with Gasteiger partial charge in [0.05, 0.1) is 24.2 Å². The normalized spacial score (nSPS) is 15.7. The second-order valence-corrected chi connectivity index (χ2v) is 9.46. The number of nitrogens with one attached hydrogen (secondary N) is 2. The molecule has 11 heteroatoms. The van der Waals surface area contributed by atoms with Crippen LogP contribution in [0.1, 0.15) is 22.5 Å². The van der Waals surface area contributed by atoms with Gasteiger partial charge in [-0.1, -0.05) is 0 Å². The van der Waals surface area contributed by atoms with Crippen molar-refractivity contribution in [2.45, 2.75) is 23.8 Å². The number of hydrogen-bond donors (Lipinski definition) is 2. The third-order valence-corrected chi connectivity index (χ3v) is 7.14. The van der Waals surface area contributed by atoms with Crippen LogP contribution in [0.2, 0.25) is 0 Å². The van der Waals surface area contributed by atoms with Gasteiger partial charge in [0.2, 0.25) is 15.9 Å². The molecule has 1 amide bonds. The lowest BCUT2D eigenvalue weighted by Crippen LogP contribution is -2.46. The number of rotatable bonds is 7. The van der Waals surface area contributed by atoms with E-state index in [1.807, 2.05) is 4.90 Å². The molecule has 3 rings (SSSR count). The molecule has 1 aliphatic heterocycles. The minimum absolute atomic E-state index is 0.0166. The third kappa shape index (κ3) is 5.63. The number of amides is 1. The number of likely N-dealkylation sites (tertiary alicyclic amines) is 1. The predicted octanol–water partition coefficient (Wildman–Crippen LogP) is 2.06. The van der Waals surface area contributed by atoms with Crippen LogP contribution in [-0.4, -0.2) is 58.0 Å². The Hall–Kier alpha value is -2.34. The number of ether oxygens (including phenoxy) is 1. The van der Waals surface area contributed by atoms with E-state index in [1.165, 1.54) is 30.6 Å². The zero-order chi connectivity index (χ0) is 21.7. The molecule has 1 fully saturated rings. The molecule has 162 valence electrons. The molecule has 0 unspecified atom stereocenters. The fourth-order valence-corrected chi connectivity index (χ4v) is 5.23. The van der Waals surface area contributed by atoms with E-state index in [2.05, 4.69) is 10.0 Å². The van der Waals surface area contributed by atoms with Crippen LogP contribution in [0.5, 0.6) is 0 Å². The number of esters is 1. The van der Waals surface area contributed by atoms with Crippen molar-refractivity contribution < 1.29 is 27.1 Å². The van der Waals surface area contributed by atoms with E-state index in [9.17, 15) is 22.4 Å². The molecule has 2 heterocycles. The van der Waals surface area contributed by atoms with Crippen LogP contribution in [0.25, 0.3) is 0 Å². The number of carbonyl (C=O) groups excluding carboxylic acids is 2. The minimum Gasteiger partial charge on any atom is -0.465 e. The lowest BCUT2D eigenvalue weighted by Gasteiger charge is -2.31. The lowest BCUT2D eigenvalue weighted by atomic mass is 10.1. The Bertz CT molecular complexity index is 999.